The first kappa shape index (κ1) is 27.0. The molecule has 0 bridgehead atoms. The maximum Gasteiger partial charge on any atom is 0.189 e. The fraction of sp³-hybridized carbons (Fsp3) is 0.400. The van der Waals surface area contributed by atoms with E-state index in [2.05, 4.69) is 71.4 Å². The zero-order valence-corrected chi connectivity index (χ0v) is 22.7. The van der Waals surface area contributed by atoms with Crippen LogP contribution in [0.15, 0.2) is 66.7 Å². The van der Waals surface area contributed by atoms with E-state index in [1.54, 1.807) is 25.1 Å². The normalized spacial score (nSPS) is 16.6. The molecule has 0 amide bonds. The van der Waals surface area contributed by atoms with Gasteiger partial charge in [-0.05, 0) is 80.5 Å². The molecule has 2 unspecified atom stereocenters. The fourth-order valence-corrected chi connectivity index (χ4v) is 5.50. The number of hydrogen-bond acceptors (Lipinski definition) is 4. The quantitative estimate of drug-likeness (QED) is 0.198. The van der Waals surface area contributed by atoms with Crippen molar-refractivity contribution in [3.8, 4) is 11.1 Å². The summed E-state index contributed by atoms with van der Waals surface area (Å²) in [4.78, 5) is 0. The molecule has 1 fully saturated rings. The zero-order chi connectivity index (χ0) is 25.5. The molecule has 6 heteroatoms. The van der Waals surface area contributed by atoms with E-state index in [-0.39, 0.29) is 5.92 Å². The van der Waals surface area contributed by atoms with Crippen LogP contribution in [0, 0.1) is 6.92 Å². The Balaban J connectivity index is 1.48. The van der Waals surface area contributed by atoms with Crippen LogP contribution in [-0.4, -0.2) is 30.1 Å². The van der Waals surface area contributed by atoms with Crippen molar-refractivity contribution in [3.05, 3.63) is 87.9 Å². The highest BCUT2D eigenvalue weighted by molar-refractivity contribution is 6.35. The van der Waals surface area contributed by atoms with Crippen LogP contribution in [0.2, 0.25) is 10.0 Å². The Hall–Kier alpha value is -2.08. The van der Waals surface area contributed by atoms with Crippen molar-refractivity contribution in [2.24, 2.45) is 0 Å². The number of aryl methyl sites for hydroxylation is 1. The Morgan fingerprint density at radius 2 is 1.64 bits per heavy atom. The smallest absolute Gasteiger partial charge is 0.189 e. The van der Waals surface area contributed by atoms with Crippen LogP contribution in [0.4, 0.5) is 5.69 Å². The number of hydrogen-bond donors (Lipinski definition) is 4. The SMILES string of the molecule is Cc1ccc(-c2cccc(C(CCNC3CCCC3)CNC(C)(O)Nc3cc(Cl)cc(Cl)c3)c2)cc1. The summed E-state index contributed by atoms with van der Waals surface area (Å²) >= 11 is 12.3. The van der Waals surface area contributed by atoms with Crippen LogP contribution in [-0.2, 0) is 0 Å². The highest BCUT2D eigenvalue weighted by Gasteiger charge is 2.23. The van der Waals surface area contributed by atoms with E-state index < -0.39 is 5.85 Å². The molecule has 192 valence electrons. The van der Waals surface area contributed by atoms with Gasteiger partial charge in [-0.1, -0.05) is 90.1 Å². The number of nitrogens with one attached hydrogen (secondary N) is 3. The van der Waals surface area contributed by atoms with Crippen LogP contribution in [0.3, 0.4) is 0 Å². The molecule has 4 rings (SSSR count). The lowest BCUT2D eigenvalue weighted by Gasteiger charge is -2.30. The first-order valence-electron chi connectivity index (χ1n) is 12.9. The molecule has 2 atom stereocenters. The molecule has 0 saturated heterocycles. The third-order valence-corrected chi connectivity index (χ3v) is 7.40. The van der Waals surface area contributed by atoms with E-state index in [9.17, 15) is 5.11 Å². The summed E-state index contributed by atoms with van der Waals surface area (Å²) < 4.78 is 0. The van der Waals surface area contributed by atoms with Gasteiger partial charge in [-0.3, -0.25) is 5.32 Å². The third kappa shape index (κ3) is 7.96. The molecule has 1 aliphatic carbocycles. The number of rotatable bonds is 11. The lowest BCUT2D eigenvalue weighted by Crippen LogP contribution is -2.50. The van der Waals surface area contributed by atoms with E-state index in [0.29, 0.717) is 28.3 Å². The average molecular weight is 527 g/mol. The number of halogens is 2. The summed E-state index contributed by atoms with van der Waals surface area (Å²) in [6, 6.07) is 23.2. The monoisotopic (exact) mass is 525 g/mol. The Morgan fingerprint density at radius 3 is 2.33 bits per heavy atom. The van der Waals surface area contributed by atoms with E-state index in [1.807, 2.05) is 0 Å². The Labute approximate surface area is 225 Å². The molecule has 4 nitrogen and oxygen atoms in total. The van der Waals surface area contributed by atoms with Gasteiger partial charge in [-0.15, -0.1) is 0 Å². The van der Waals surface area contributed by atoms with Gasteiger partial charge in [0.2, 0.25) is 0 Å². The molecule has 0 aromatic heterocycles. The number of benzene rings is 3. The topological polar surface area (TPSA) is 56.3 Å². The molecule has 0 heterocycles. The highest BCUT2D eigenvalue weighted by atomic mass is 35.5. The average Bonchev–Trinajstić information content (AvgIpc) is 3.34. The van der Waals surface area contributed by atoms with E-state index in [1.165, 1.54) is 47.9 Å². The van der Waals surface area contributed by atoms with Crippen molar-refractivity contribution >= 4 is 28.9 Å². The second-order valence-corrected chi connectivity index (χ2v) is 11.0. The van der Waals surface area contributed by atoms with Gasteiger partial charge in [0.25, 0.3) is 0 Å². The summed E-state index contributed by atoms with van der Waals surface area (Å²) in [5.74, 6) is -1.11. The van der Waals surface area contributed by atoms with Crippen molar-refractivity contribution in [3.63, 3.8) is 0 Å². The highest BCUT2D eigenvalue weighted by Crippen LogP contribution is 2.28. The number of anilines is 1. The van der Waals surface area contributed by atoms with Gasteiger partial charge in [0.1, 0.15) is 0 Å². The molecule has 0 spiro atoms. The van der Waals surface area contributed by atoms with Crippen LogP contribution in [0.1, 0.15) is 56.1 Å². The second-order valence-electron chi connectivity index (χ2n) is 10.1. The molecule has 3 aromatic rings. The Kier molecular flexibility index (Phi) is 9.32. The first-order valence-corrected chi connectivity index (χ1v) is 13.6. The predicted octanol–water partition coefficient (Wildman–Crippen LogP) is 7.34. The molecule has 0 aliphatic heterocycles. The summed E-state index contributed by atoms with van der Waals surface area (Å²) in [6.45, 7) is 5.37. The Morgan fingerprint density at radius 1 is 0.944 bits per heavy atom. The van der Waals surface area contributed by atoms with E-state index in [4.69, 9.17) is 23.2 Å². The molecule has 0 radical (unpaired) electrons. The van der Waals surface area contributed by atoms with Crippen LogP contribution in [0.25, 0.3) is 11.1 Å². The molecular weight excluding hydrogens is 489 g/mol. The third-order valence-electron chi connectivity index (χ3n) is 6.97. The molecule has 1 saturated carbocycles. The van der Waals surface area contributed by atoms with Crippen molar-refractivity contribution < 1.29 is 5.11 Å². The molecule has 1 aliphatic rings. The lowest BCUT2D eigenvalue weighted by atomic mass is 9.92. The van der Waals surface area contributed by atoms with Crippen molar-refractivity contribution in [2.45, 2.75) is 63.8 Å². The van der Waals surface area contributed by atoms with Gasteiger partial charge in [0.05, 0.1) is 0 Å². The van der Waals surface area contributed by atoms with Gasteiger partial charge in [-0.25, -0.2) is 0 Å². The van der Waals surface area contributed by atoms with Gasteiger partial charge in [0.15, 0.2) is 5.85 Å². The molecule has 4 N–H and O–H groups in total. The maximum absolute atomic E-state index is 11.1. The van der Waals surface area contributed by atoms with Crippen LogP contribution >= 0.6 is 23.2 Å². The first-order chi connectivity index (χ1) is 17.3. The standard InChI is InChI=1S/C30H37Cl2N3O/c1-21-10-12-22(13-11-21)23-6-5-7-24(16-23)25(14-15-33-28-8-3-4-9-28)20-34-30(2,36)35-29-18-26(31)17-27(32)19-29/h5-7,10-13,16-19,25,28,33-36H,3-4,8-9,14-15,20H2,1-2H3. The largest absolute Gasteiger partial charge is 0.359 e. The minimum Gasteiger partial charge on any atom is -0.359 e. The minimum atomic E-state index is -1.33. The van der Waals surface area contributed by atoms with Crippen molar-refractivity contribution in [1.82, 2.24) is 10.6 Å². The van der Waals surface area contributed by atoms with Crippen molar-refractivity contribution in [2.75, 3.05) is 18.4 Å². The van der Waals surface area contributed by atoms with Gasteiger partial charge in [-0.2, -0.15) is 0 Å². The van der Waals surface area contributed by atoms with Gasteiger partial charge in [0, 0.05) is 28.3 Å². The van der Waals surface area contributed by atoms with Crippen LogP contribution < -0.4 is 16.0 Å². The Bertz CT molecular complexity index is 1110. The lowest BCUT2D eigenvalue weighted by molar-refractivity contribution is 0.0514. The van der Waals surface area contributed by atoms with Crippen LogP contribution in [0.5, 0.6) is 0 Å². The minimum absolute atomic E-state index is 0.223. The molecular formula is C30H37Cl2N3O. The second kappa shape index (κ2) is 12.4. The fourth-order valence-electron chi connectivity index (χ4n) is 4.97. The predicted molar refractivity (Wildman–Crippen MR) is 153 cm³/mol. The summed E-state index contributed by atoms with van der Waals surface area (Å²) in [5.41, 5.74) is 5.59. The maximum atomic E-state index is 11.1. The summed E-state index contributed by atoms with van der Waals surface area (Å²) in [6.07, 6.45) is 6.16. The zero-order valence-electron chi connectivity index (χ0n) is 21.2. The molecule has 36 heavy (non-hydrogen) atoms. The molecule has 3 aromatic carbocycles. The van der Waals surface area contributed by atoms with Gasteiger partial charge < -0.3 is 15.7 Å². The summed E-state index contributed by atoms with van der Waals surface area (Å²) in [7, 11) is 0. The van der Waals surface area contributed by atoms with Gasteiger partial charge >= 0.3 is 0 Å². The number of aliphatic hydroxyl groups is 1. The van der Waals surface area contributed by atoms with Crippen molar-refractivity contribution in [1.29, 1.82) is 0 Å². The summed E-state index contributed by atoms with van der Waals surface area (Å²) in [5, 5.41) is 22.3. The van der Waals surface area contributed by atoms with E-state index in [0.717, 1.165) is 13.0 Å². The van der Waals surface area contributed by atoms with E-state index >= 15 is 0 Å².